The van der Waals surface area contributed by atoms with Crippen LogP contribution >= 0.6 is 15.9 Å². The Bertz CT molecular complexity index is 512. The lowest BCUT2D eigenvalue weighted by atomic mass is 9.73. The van der Waals surface area contributed by atoms with Crippen LogP contribution in [0.1, 0.15) is 50.6 Å². The Balaban J connectivity index is 2.00. The van der Waals surface area contributed by atoms with Gasteiger partial charge in [0, 0.05) is 10.5 Å². The number of ether oxygens (including phenoxy) is 2. The van der Waals surface area contributed by atoms with Gasteiger partial charge in [0.25, 0.3) is 0 Å². The van der Waals surface area contributed by atoms with Gasteiger partial charge in [-0.05, 0) is 49.4 Å². The molecule has 1 N–H and O–H groups in total. The van der Waals surface area contributed by atoms with Crippen LogP contribution < -0.4 is 14.8 Å². The minimum atomic E-state index is 0.357. The summed E-state index contributed by atoms with van der Waals surface area (Å²) in [4.78, 5) is 0. The van der Waals surface area contributed by atoms with E-state index in [0.717, 1.165) is 16.0 Å². The lowest BCUT2D eigenvalue weighted by Gasteiger charge is -2.38. The number of benzene rings is 1. The molecule has 0 aromatic heterocycles. The van der Waals surface area contributed by atoms with Crippen molar-refractivity contribution in [3.8, 4) is 11.5 Å². The molecule has 116 valence electrons. The SMILES string of the molecule is CCC1(C(NC)c2cc3c(cc2Br)OCCO3)CCCC1. The Kier molecular flexibility index (Phi) is 4.46. The fraction of sp³-hybridized carbons (Fsp3) is 0.647. The molecule has 2 aliphatic rings. The fourth-order valence-corrected chi connectivity index (χ4v) is 4.57. The van der Waals surface area contributed by atoms with Crippen molar-refractivity contribution in [3.05, 3.63) is 22.2 Å². The highest BCUT2D eigenvalue weighted by Crippen LogP contribution is 2.52. The van der Waals surface area contributed by atoms with Crippen LogP contribution in [0.5, 0.6) is 11.5 Å². The number of hydrogen-bond acceptors (Lipinski definition) is 3. The van der Waals surface area contributed by atoms with E-state index in [1.165, 1.54) is 37.7 Å². The molecule has 0 amide bonds. The zero-order valence-corrected chi connectivity index (χ0v) is 14.5. The zero-order chi connectivity index (χ0) is 14.9. The molecule has 1 aromatic carbocycles. The summed E-state index contributed by atoms with van der Waals surface area (Å²) in [5.41, 5.74) is 1.66. The van der Waals surface area contributed by atoms with E-state index in [2.05, 4.69) is 47.4 Å². The van der Waals surface area contributed by atoms with Crippen LogP contribution in [0.25, 0.3) is 0 Å². The predicted octanol–water partition coefficient (Wildman–Crippen LogP) is 4.45. The smallest absolute Gasteiger partial charge is 0.162 e. The van der Waals surface area contributed by atoms with Gasteiger partial charge in [-0.25, -0.2) is 0 Å². The highest BCUT2D eigenvalue weighted by atomic mass is 79.9. The first-order valence-corrected chi connectivity index (χ1v) is 8.76. The molecular weight excluding hydrogens is 330 g/mol. The second-order valence-electron chi connectivity index (χ2n) is 6.16. The summed E-state index contributed by atoms with van der Waals surface area (Å²) < 4.78 is 12.6. The standard InChI is InChI=1S/C17H24BrNO2/c1-3-17(6-4-5-7-17)16(19-2)12-10-14-15(11-13(12)18)21-9-8-20-14/h10-11,16,19H,3-9H2,1-2H3. The third kappa shape index (κ3) is 2.68. The van der Waals surface area contributed by atoms with E-state index in [1.54, 1.807) is 0 Å². The van der Waals surface area contributed by atoms with Crippen molar-refractivity contribution < 1.29 is 9.47 Å². The minimum Gasteiger partial charge on any atom is -0.486 e. The third-order valence-corrected chi connectivity index (χ3v) is 5.86. The van der Waals surface area contributed by atoms with Gasteiger partial charge in [-0.3, -0.25) is 0 Å². The van der Waals surface area contributed by atoms with Gasteiger partial charge < -0.3 is 14.8 Å². The van der Waals surface area contributed by atoms with Crippen LogP contribution in [0.4, 0.5) is 0 Å². The van der Waals surface area contributed by atoms with E-state index in [4.69, 9.17) is 9.47 Å². The van der Waals surface area contributed by atoms with Crippen LogP contribution in [-0.4, -0.2) is 20.3 Å². The topological polar surface area (TPSA) is 30.5 Å². The van der Waals surface area contributed by atoms with Crippen molar-refractivity contribution in [1.29, 1.82) is 0 Å². The maximum absolute atomic E-state index is 5.77. The maximum atomic E-state index is 5.77. The van der Waals surface area contributed by atoms with Crippen molar-refractivity contribution in [2.45, 2.75) is 45.1 Å². The Labute approximate surface area is 135 Å². The van der Waals surface area contributed by atoms with Crippen LogP contribution in [-0.2, 0) is 0 Å². The van der Waals surface area contributed by atoms with E-state index in [1.807, 2.05) is 0 Å². The highest BCUT2D eigenvalue weighted by Gasteiger charge is 2.41. The lowest BCUT2D eigenvalue weighted by Crippen LogP contribution is -2.34. The molecule has 1 aliphatic heterocycles. The van der Waals surface area contributed by atoms with Gasteiger partial charge in [-0.2, -0.15) is 0 Å². The Morgan fingerprint density at radius 3 is 2.38 bits per heavy atom. The summed E-state index contributed by atoms with van der Waals surface area (Å²) in [5.74, 6) is 1.73. The van der Waals surface area contributed by atoms with Gasteiger partial charge in [0.1, 0.15) is 13.2 Å². The minimum absolute atomic E-state index is 0.357. The van der Waals surface area contributed by atoms with E-state index >= 15 is 0 Å². The Morgan fingerprint density at radius 1 is 1.19 bits per heavy atom. The van der Waals surface area contributed by atoms with Crippen molar-refractivity contribution in [2.75, 3.05) is 20.3 Å². The molecule has 0 saturated heterocycles. The molecule has 1 fully saturated rings. The molecule has 1 atom stereocenters. The number of halogens is 1. The number of hydrogen-bond donors (Lipinski definition) is 1. The molecule has 4 heteroatoms. The number of rotatable bonds is 4. The van der Waals surface area contributed by atoms with Crippen molar-refractivity contribution in [2.24, 2.45) is 5.41 Å². The van der Waals surface area contributed by atoms with Gasteiger partial charge >= 0.3 is 0 Å². The van der Waals surface area contributed by atoms with Gasteiger partial charge in [-0.15, -0.1) is 0 Å². The van der Waals surface area contributed by atoms with Crippen molar-refractivity contribution in [3.63, 3.8) is 0 Å². The largest absolute Gasteiger partial charge is 0.486 e. The number of nitrogens with one attached hydrogen (secondary N) is 1. The summed E-state index contributed by atoms with van der Waals surface area (Å²) >= 11 is 3.74. The molecule has 1 saturated carbocycles. The molecule has 1 heterocycles. The highest BCUT2D eigenvalue weighted by molar-refractivity contribution is 9.10. The quantitative estimate of drug-likeness (QED) is 0.867. The molecule has 3 rings (SSSR count). The summed E-state index contributed by atoms with van der Waals surface area (Å²) in [5, 5.41) is 3.57. The van der Waals surface area contributed by atoms with Crippen LogP contribution in [0.2, 0.25) is 0 Å². The lowest BCUT2D eigenvalue weighted by molar-refractivity contribution is 0.168. The summed E-state index contributed by atoms with van der Waals surface area (Å²) in [6, 6.07) is 4.58. The first-order valence-electron chi connectivity index (χ1n) is 7.96. The van der Waals surface area contributed by atoms with E-state index in [9.17, 15) is 0 Å². The molecular formula is C17H24BrNO2. The van der Waals surface area contributed by atoms with Crippen molar-refractivity contribution >= 4 is 15.9 Å². The average molecular weight is 354 g/mol. The second-order valence-corrected chi connectivity index (χ2v) is 7.02. The van der Waals surface area contributed by atoms with E-state index in [0.29, 0.717) is 24.7 Å². The summed E-state index contributed by atoms with van der Waals surface area (Å²) in [7, 11) is 2.07. The average Bonchev–Trinajstić information content (AvgIpc) is 2.98. The van der Waals surface area contributed by atoms with E-state index < -0.39 is 0 Å². The summed E-state index contributed by atoms with van der Waals surface area (Å²) in [6.45, 7) is 3.59. The molecule has 1 aromatic rings. The number of fused-ring (bicyclic) bond motifs is 1. The Hall–Kier alpha value is -0.740. The van der Waals surface area contributed by atoms with Crippen LogP contribution in [0.15, 0.2) is 16.6 Å². The third-order valence-electron chi connectivity index (χ3n) is 5.18. The molecule has 0 bridgehead atoms. The van der Waals surface area contributed by atoms with Gasteiger partial charge in [0.05, 0.1) is 0 Å². The monoisotopic (exact) mass is 353 g/mol. The Morgan fingerprint density at radius 2 is 1.81 bits per heavy atom. The second kappa shape index (κ2) is 6.17. The summed E-state index contributed by atoms with van der Waals surface area (Å²) in [6.07, 6.45) is 6.49. The first kappa shape index (κ1) is 15.2. The normalized spacial score (nSPS) is 21.3. The van der Waals surface area contributed by atoms with Crippen molar-refractivity contribution in [1.82, 2.24) is 5.32 Å². The first-order chi connectivity index (χ1) is 10.2. The fourth-order valence-electron chi connectivity index (χ4n) is 4.02. The zero-order valence-electron chi connectivity index (χ0n) is 12.9. The molecule has 1 aliphatic carbocycles. The molecule has 0 radical (unpaired) electrons. The molecule has 21 heavy (non-hydrogen) atoms. The van der Waals surface area contributed by atoms with E-state index in [-0.39, 0.29) is 0 Å². The van der Waals surface area contributed by atoms with Crippen LogP contribution in [0, 0.1) is 5.41 Å². The molecule has 0 spiro atoms. The molecule has 3 nitrogen and oxygen atoms in total. The predicted molar refractivity (Wildman–Crippen MR) is 88.1 cm³/mol. The van der Waals surface area contributed by atoms with Gasteiger partial charge in [0.2, 0.25) is 0 Å². The van der Waals surface area contributed by atoms with Gasteiger partial charge in [0.15, 0.2) is 11.5 Å². The van der Waals surface area contributed by atoms with Crippen LogP contribution in [0.3, 0.4) is 0 Å². The molecule has 1 unspecified atom stereocenters. The maximum Gasteiger partial charge on any atom is 0.162 e. The van der Waals surface area contributed by atoms with Gasteiger partial charge in [-0.1, -0.05) is 35.7 Å².